The van der Waals surface area contributed by atoms with E-state index in [0.717, 1.165) is 42.8 Å². The minimum absolute atomic E-state index is 0.0171. The molecule has 2 aliphatic heterocycles. The van der Waals surface area contributed by atoms with Gasteiger partial charge in [0.1, 0.15) is 11.5 Å². The summed E-state index contributed by atoms with van der Waals surface area (Å²) in [5.74, 6) is 2.11. The number of carbonyl (C=O) groups is 1. The number of methoxy groups -OCH3 is 2. The van der Waals surface area contributed by atoms with E-state index in [0.29, 0.717) is 35.4 Å². The molecule has 0 spiro atoms. The first kappa shape index (κ1) is 22.6. The number of benzene rings is 2. The van der Waals surface area contributed by atoms with Crippen molar-refractivity contribution >= 4 is 23.2 Å². The molecule has 1 saturated heterocycles. The number of nitrogens with zero attached hydrogens (tertiary/aromatic N) is 3. The number of likely N-dealkylation sites (tertiary alicyclic amines) is 1. The minimum atomic E-state index is -0.289. The van der Waals surface area contributed by atoms with Crippen molar-refractivity contribution in [1.29, 1.82) is 0 Å². The largest absolute Gasteiger partial charge is 0.497 e. The zero-order valence-electron chi connectivity index (χ0n) is 18.9. The molecule has 7 heteroatoms. The Labute approximate surface area is 194 Å². The fourth-order valence-electron chi connectivity index (χ4n) is 4.42. The van der Waals surface area contributed by atoms with Gasteiger partial charge in [0, 0.05) is 22.6 Å². The fraction of sp³-hybridized carbons (Fsp3) is 0.440. The second-order valence-corrected chi connectivity index (χ2v) is 8.96. The van der Waals surface area contributed by atoms with E-state index < -0.39 is 0 Å². The molecule has 0 bridgehead atoms. The maximum absolute atomic E-state index is 13.5. The van der Waals surface area contributed by atoms with Crippen molar-refractivity contribution in [3.8, 4) is 11.5 Å². The third-order valence-corrected chi connectivity index (χ3v) is 6.71. The maximum atomic E-state index is 13.5. The lowest BCUT2D eigenvalue weighted by atomic mass is 9.97. The van der Waals surface area contributed by atoms with Gasteiger partial charge in [0.2, 0.25) is 0 Å². The minimum Gasteiger partial charge on any atom is -0.497 e. The van der Waals surface area contributed by atoms with Crippen molar-refractivity contribution in [2.45, 2.75) is 32.2 Å². The Morgan fingerprint density at radius 2 is 1.88 bits per heavy atom. The van der Waals surface area contributed by atoms with Crippen molar-refractivity contribution in [3.63, 3.8) is 0 Å². The van der Waals surface area contributed by atoms with Gasteiger partial charge in [-0.2, -0.15) is 5.10 Å². The lowest BCUT2D eigenvalue weighted by Crippen LogP contribution is -2.41. The monoisotopic (exact) mass is 455 g/mol. The van der Waals surface area contributed by atoms with E-state index >= 15 is 0 Å². The molecule has 0 radical (unpaired) electrons. The van der Waals surface area contributed by atoms with Crippen LogP contribution in [0.3, 0.4) is 0 Å². The first-order chi connectivity index (χ1) is 15.5. The molecule has 4 rings (SSSR count). The van der Waals surface area contributed by atoms with Crippen LogP contribution in [0, 0.1) is 5.92 Å². The number of ether oxygens (including phenoxy) is 2. The molecule has 2 aliphatic rings. The number of hydrogen-bond donors (Lipinski definition) is 0. The fourth-order valence-corrected chi connectivity index (χ4v) is 4.67. The van der Waals surface area contributed by atoms with Gasteiger partial charge in [-0.25, -0.2) is 5.01 Å². The highest BCUT2D eigenvalue weighted by Crippen LogP contribution is 2.40. The van der Waals surface area contributed by atoms with Crippen LogP contribution in [0.15, 0.2) is 47.6 Å². The van der Waals surface area contributed by atoms with E-state index in [1.165, 1.54) is 0 Å². The average Bonchev–Trinajstić information content (AvgIpc) is 3.25. The zero-order chi connectivity index (χ0) is 22.7. The first-order valence-corrected chi connectivity index (χ1v) is 11.5. The molecule has 1 unspecified atom stereocenters. The second kappa shape index (κ2) is 9.92. The maximum Gasteiger partial charge on any atom is 0.257 e. The van der Waals surface area contributed by atoms with Crippen LogP contribution in [-0.2, 0) is 4.79 Å². The molecule has 0 aliphatic carbocycles. The molecular formula is C25H30ClN3O3. The smallest absolute Gasteiger partial charge is 0.257 e. The van der Waals surface area contributed by atoms with E-state index in [2.05, 4.69) is 11.8 Å². The van der Waals surface area contributed by atoms with Crippen LogP contribution in [0.1, 0.15) is 43.4 Å². The van der Waals surface area contributed by atoms with Gasteiger partial charge in [-0.05, 0) is 56.1 Å². The molecule has 2 aromatic carbocycles. The van der Waals surface area contributed by atoms with Crippen molar-refractivity contribution in [2.24, 2.45) is 11.0 Å². The van der Waals surface area contributed by atoms with Crippen LogP contribution < -0.4 is 9.47 Å². The molecule has 170 valence electrons. The van der Waals surface area contributed by atoms with Crippen LogP contribution in [0.25, 0.3) is 0 Å². The lowest BCUT2D eigenvalue weighted by Gasteiger charge is -2.31. The molecule has 1 amide bonds. The molecular weight excluding hydrogens is 426 g/mol. The van der Waals surface area contributed by atoms with Crippen molar-refractivity contribution < 1.29 is 14.3 Å². The van der Waals surface area contributed by atoms with Crippen LogP contribution >= 0.6 is 11.6 Å². The van der Waals surface area contributed by atoms with Crippen molar-refractivity contribution in [2.75, 3.05) is 33.9 Å². The summed E-state index contributed by atoms with van der Waals surface area (Å²) in [7, 11) is 3.27. The Hall–Kier alpha value is -2.57. The number of carbonyl (C=O) groups excluding carboxylic acids is 1. The number of hydrogen-bond acceptors (Lipinski definition) is 5. The van der Waals surface area contributed by atoms with Crippen LogP contribution in [0.4, 0.5) is 0 Å². The summed E-state index contributed by atoms with van der Waals surface area (Å²) in [6.45, 7) is 4.50. The third-order valence-electron chi connectivity index (χ3n) is 6.38. The van der Waals surface area contributed by atoms with Crippen LogP contribution in [0.2, 0.25) is 5.02 Å². The van der Waals surface area contributed by atoms with E-state index in [-0.39, 0.29) is 11.9 Å². The predicted molar refractivity (Wildman–Crippen MR) is 127 cm³/mol. The van der Waals surface area contributed by atoms with E-state index in [1.54, 1.807) is 19.2 Å². The van der Waals surface area contributed by atoms with Gasteiger partial charge in [-0.1, -0.05) is 36.7 Å². The molecule has 0 N–H and O–H groups in total. The summed E-state index contributed by atoms with van der Waals surface area (Å²) in [5, 5.41) is 7.03. The van der Waals surface area contributed by atoms with Gasteiger partial charge < -0.3 is 9.47 Å². The lowest BCUT2D eigenvalue weighted by molar-refractivity contribution is -0.134. The van der Waals surface area contributed by atoms with Gasteiger partial charge in [0.25, 0.3) is 5.91 Å². The molecule has 1 fully saturated rings. The topological polar surface area (TPSA) is 54.4 Å². The molecule has 0 aromatic heterocycles. The number of rotatable bonds is 6. The van der Waals surface area contributed by atoms with Gasteiger partial charge in [0.05, 0.1) is 32.5 Å². The summed E-state index contributed by atoms with van der Waals surface area (Å²) < 4.78 is 11.1. The Kier molecular flexibility index (Phi) is 7.01. The van der Waals surface area contributed by atoms with Crippen molar-refractivity contribution in [1.82, 2.24) is 9.91 Å². The summed E-state index contributed by atoms with van der Waals surface area (Å²) in [6, 6.07) is 13.0. The quantitative estimate of drug-likeness (QED) is 0.629. The number of hydrazone groups is 1. The molecule has 1 atom stereocenters. The van der Waals surface area contributed by atoms with Crippen molar-refractivity contribution in [3.05, 3.63) is 58.6 Å². The molecule has 2 aromatic rings. The Bertz CT molecular complexity index is 1000. The summed E-state index contributed by atoms with van der Waals surface area (Å²) in [6.07, 6.45) is 2.79. The van der Waals surface area contributed by atoms with Gasteiger partial charge in [-0.3, -0.25) is 9.69 Å². The average molecular weight is 456 g/mol. The van der Waals surface area contributed by atoms with E-state index in [1.807, 2.05) is 42.5 Å². The molecule has 32 heavy (non-hydrogen) atoms. The number of amides is 1. The molecule has 2 heterocycles. The second-order valence-electron chi connectivity index (χ2n) is 8.55. The summed E-state index contributed by atoms with van der Waals surface area (Å²) in [5.41, 5.74) is 2.52. The third kappa shape index (κ3) is 4.76. The highest BCUT2D eigenvalue weighted by molar-refractivity contribution is 6.34. The highest BCUT2D eigenvalue weighted by Gasteiger charge is 2.36. The Morgan fingerprint density at radius 1 is 1.12 bits per heavy atom. The van der Waals surface area contributed by atoms with E-state index in [9.17, 15) is 4.79 Å². The predicted octanol–water partition coefficient (Wildman–Crippen LogP) is 4.77. The highest BCUT2D eigenvalue weighted by atomic mass is 35.5. The molecule has 0 saturated carbocycles. The van der Waals surface area contributed by atoms with Gasteiger partial charge >= 0.3 is 0 Å². The number of halogens is 1. The Balaban J connectivity index is 1.67. The summed E-state index contributed by atoms with van der Waals surface area (Å²) >= 11 is 6.46. The summed E-state index contributed by atoms with van der Waals surface area (Å²) in [4.78, 5) is 15.7. The van der Waals surface area contributed by atoms with Crippen LogP contribution in [-0.4, -0.2) is 55.4 Å². The Morgan fingerprint density at radius 3 is 2.56 bits per heavy atom. The standard InChI is InChI=1S/C25H30ClN3O3/c1-17-10-12-28(13-11-17)16-25(30)29-23(20-14-18(31-2)8-9-24(20)32-3)15-22(27-29)19-6-4-5-7-21(19)26/h4-9,14,17,23H,10-13,15-16H2,1-3H3. The van der Waals surface area contributed by atoms with Gasteiger partial charge in [-0.15, -0.1) is 0 Å². The van der Waals surface area contributed by atoms with E-state index in [4.69, 9.17) is 26.2 Å². The van der Waals surface area contributed by atoms with Crippen LogP contribution in [0.5, 0.6) is 11.5 Å². The zero-order valence-corrected chi connectivity index (χ0v) is 19.6. The SMILES string of the molecule is COc1ccc(OC)c(C2CC(c3ccccc3Cl)=NN2C(=O)CN2CCC(C)CC2)c1. The van der Waals surface area contributed by atoms with Gasteiger partial charge in [0.15, 0.2) is 0 Å². The number of piperidine rings is 1. The first-order valence-electron chi connectivity index (χ1n) is 11.1. The normalized spacial score (nSPS) is 19.7. The molecule has 6 nitrogen and oxygen atoms in total.